The number of furan rings is 1. The van der Waals surface area contributed by atoms with Gasteiger partial charge in [0.1, 0.15) is 12.6 Å². The van der Waals surface area contributed by atoms with Crippen molar-refractivity contribution in [2.45, 2.75) is 70.9 Å². The molecule has 0 saturated heterocycles. The molecule has 8 heteroatoms. The quantitative estimate of drug-likeness (QED) is 0.362. The monoisotopic (exact) mass is 488 g/mol. The van der Waals surface area contributed by atoms with Gasteiger partial charge in [-0.2, -0.15) is 0 Å². The Morgan fingerprint density at radius 3 is 2.44 bits per heavy atom. The maximum atomic E-state index is 13.1. The van der Waals surface area contributed by atoms with Gasteiger partial charge in [0.2, 0.25) is 5.91 Å². The zero-order valence-corrected chi connectivity index (χ0v) is 21.1. The molecule has 2 amide bonds. The SMILES string of the molecule is CCCC[C@H](NC(=O)[C@H](CC(C)C)NC(=O)OCc1ccccc1)C(=O)CSCc1ccoc1. The van der Waals surface area contributed by atoms with Gasteiger partial charge in [0.25, 0.3) is 0 Å². The largest absolute Gasteiger partial charge is 0.472 e. The van der Waals surface area contributed by atoms with Gasteiger partial charge in [-0.15, -0.1) is 11.8 Å². The Labute approximate surface area is 206 Å². The molecule has 1 aromatic heterocycles. The second-order valence-electron chi connectivity index (χ2n) is 8.68. The molecule has 2 rings (SSSR count). The van der Waals surface area contributed by atoms with Crippen molar-refractivity contribution in [1.82, 2.24) is 10.6 Å². The fourth-order valence-electron chi connectivity index (χ4n) is 3.35. The first kappa shape index (κ1) is 27.5. The Morgan fingerprint density at radius 1 is 1.03 bits per heavy atom. The Morgan fingerprint density at radius 2 is 1.79 bits per heavy atom. The van der Waals surface area contributed by atoms with Crippen molar-refractivity contribution in [3.05, 3.63) is 60.1 Å². The van der Waals surface area contributed by atoms with Crippen molar-refractivity contribution in [3.63, 3.8) is 0 Å². The molecule has 0 bridgehead atoms. The van der Waals surface area contributed by atoms with Gasteiger partial charge in [-0.05, 0) is 30.4 Å². The van der Waals surface area contributed by atoms with Gasteiger partial charge in [-0.3, -0.25) is 9.59 Å². The summed E-state index contributed by atoms with van der Waals surface area (Å²) in [5.74, 6) is 0.744. The molecule has 0 aliphatic heterocycles. The average Bonchev–Trinajstić information content (AvgIpc) is 3.33. The molecule has 1 heterocycles. The summed E-state index contributed by atoms with van der Waals surface area (Å²) in [7, 11) is 0. The average molecular weight is 489 g/mol. The summed E-state index contributed by atoms with van der Waals surface area (Å²) in [6, 6.07) is 9.85. The number of benzene rings is 1. The molecular weight excluding hydrogens is 452 g/mol. The maximum absolute atomic E-state index is 13.1. The first-order valence-corrected chi connectivity index (χ1v) is 12.9. The smallest absolute Gasteiger partial charge is 0.408 e. The number of thioether (sulfide) groups is 1. The predicted molar refractivity (Wildman–Crippen MR) is 134 cm³/mol. The van der Waals surface area contributed by atoms with Crippen LogP contribution in [0.25, 0.3) is 0 Å². The molecule has 0 fully saturated rings. The van der Waals surface area contributed by atoms with E-state index in [0.29, 0.717) is 24.3 Å². The highest BCUT2D eigenvalue weighted by atomic mass is 32.2. The number of unbranched alkanes of at least 4 members (excludes halogenated alkanes) is 1. The van der Waals surface area contributed by atoms with E-state index in [1.54, 1.807) is 12.5 Å². The van der Waals surface area contributed by atoms with Crippen LogP contribution in [-0.2, 0) is 26.7 Å². The van der Waals surface area contributed by atoms with Gasteiger partial charge < -0.3 is 19.8 Å². The van der Waals surface area contributed by atoms with Crippen molar-refractivity contribution in [2.75, 3.05) is 5.75 Å². The van der Waals surface area contributed by atoms with E-state index in [1.807, 2.05) is 57.2 Å². The molecule has 0 saturated carbocycles. The maximum Gasteiger partial charge on any atom is 0.408 e. The molecule has 0 spiro atoms. The summed E-state index contributed by atoms with van der Waals surface area (Å²) in [6.07, 6.45) is 5.36. The lowest BCUT2D eigenvalue weighted by Crippen LogP contribution is -2.52. The molecule has 186 valence electrons. The molecule has 34 heavy (non-hydrogen) atoms. The zero-order chi connectivity index (χ0) is 24.8. The fourth-order valence-corrected chi connectivity index (χ4v) is 4.25. The molecule has 0 aliphatic rings. The highest BCUT2D eigenvalue weighted by Gasteiger charge is 2.27. The fraction of sp³-hybridized carbons (Fsp3) is 0.500. The number of hydrogen-bond acceptors (Lipinski definition) is 6. The lowest BCUT2D eigenvalue weighted by molar-refractivity contribution is -0.128. The Bertz CT molecular complexity index is 871. The minimum Gasteiger partial charge on any atom is -0.472 e. The van der Waals surface area contributed by atoms with Gasteiger partial charge >= 0.3 is 6.09 Å². The highest BCUT2D eigenvalue weighted by molar-refractivity contribution is 7.99. The number of nitrogens with one attached hydrogen (secondary N) is 2. The van der Waals surface area contributed by atoms with E-state index < -0.39 is 18.2 Å². The van der Waals surface area contributed by atoms with Crippen LogP contribution < -0.4 is 10.6 Å². The number of alkyl carbamates (subject to hydrolysis) is 1. The van der Waals surface area contributed by atoms with Gasteiger partial charge in [0.05, 0.1) is 24.3 Å². The van der Waals surface area contributed by atoms with Crippen molar-refractivity contribution in [2.24, 2.45) is 5.92 Å². The highest BCUT2D eigenvalue weighted by Crippen LogP contribution is 2.15. The molecule has 2 N–H and O–H groups in total. The molecule has 1 aromatic carbocycles. The number of hydrogen-bond donors (Lipinski definition) is 2. The lowest BCUT2D eigenvalue weighted by Gasteiger charge is -2.24. The molecule has 0 radical (unpaired) electrons. The van der Waals surface area contributed by atoms with Crippen LogP contribution in [0.2, 0.25) is 0 Å². The minimum absolute atomic E-state index is 0.0229. The van der Waals surface area contributed by atoms with Crippen molar-refractivity contribution < 1.29 is 23.5 Å². The van der Waals surface area contributed by atoms with Gasteiger partial charge in [-0.1, -0.05) is 63.9 Å². The van der Waals surface area contributed by atoms with E-state index in [1.165, 1.54) is 11.8 Å². The van der Waals surface area contributed by atoms with E-state index in [9.17, 15) is 14.4 Å². The van der Waals surface area contributed by atoms with E-state index >= 15 is 0 Å². The predicted octanol–water partition coefficient (Wildman–Crippen LogP) is 5.10. The van der Waals surface area contributed by atoms with Crippen LogP contribution in [0.1, 0.15) is 57.6 Å². The number of Topliss-reactive ketones (excluding diaryl/α,β-unsaturated/α-hetero) is 1. The Balaban J connectivity index is 1.93. The molecule has 0 aliphatic carbocycles. The van der Waals surface area contributed by atoms with Crippen LogP contribution in [0.4, 0.5) is 4.79 Å². The molecule has 2 atom stereocenters. The topological polar surface area (TPSA) is 97.6 Å². The number of ether oxygens (including phenoxy) is 1. The summed E-state index contributed by atoms with van der Waals surface area (Å²) >= 11 is 1.49. The second-order valence-corrected chi connectivity index (χ2v) is 9.67. The van der Waals surface area contributed by atoms with E-state index in [0.717, 1.165) is 24.0 Å². The summed E-state index contributed by atoms with van der Waals surface area (Å²) in [5.41, 5.74) is 1.88. The standard InChI is InChI=1S/C26H36N2O5S/c1-4-5-11-22(24(29)18-34-17-21-12-13-32-15-21)27-25(30)23(14-19(2)3)28-26(31)33-16-20-9-7-6-8-10-20/h6-10,12-13,15,19,22-23H,4-5,11,14,16-18H2,1-3H3,(H,27,30)(H,28,31)/t22-,23-/m0/s1. The number of carbonyl (C=O) groups excluding carboxylic acids is 3. The van der Waals surface area contributed by atoms with Gasteiger partial charge in [0.15, 0.2) is 5.78 Å². The Kier molecular flexibility index (Phi) is 12.3. The van der Waals surface area contributed by atoms with Crippen LogP contribution in [0.5, 0.6) is 0 Å². The third-order valence-electron chi connectivity index (χ3n) is 5.17. The third kappa shape index (κ3) is 10.5. The first-order valence-electron chi connectivity index (χ1n) is 11.8. The number of amides is 2. The normalized spacial score (nSPS) is 12.7. The van der Waals surface area contributed by atoms with Crippen molar-refractivity contribution in [1.29, 1.82) is 0 Å². The van der Waals surface area contributed by atoms with Crippen LogP contribution in [0.15, 0.2) is 53.3 Å². The van der Waals surface area contributed by atoms with Crippen LogP contribution in [0, 0.1) is 5.92 Å². The van der Waals surface area contributed by atoms with E-state index in [4.69, 9.17) is 9.15 Å². The van der Waals surface area contributed by atoms with Crippen LogP contribution in [0.3, 0.4) is 0 Å². The van der Waals surface area contributed by atoms with E-state index in [2.05, 4.69) is 10.6 Å². The number of carbonyl (C=O) groups is 3. The third-order valence-corrected chi connectivity index (χ3v) is 6.20. The summed E-state index contributed by atoms with van der Waals surface area (Å²) < 4.78 is 10.3. The lowest BCUT2D eigenvalue weighted by atomic mass is 10.0. The zero-order valence-electron chi connectivity index (χ0n) is 20.3. The molecule has 2 aromatic rings. The van der Waals surface area contributed by atoms with Crippen molar-refractivity contribution >= 4 is 29.5 Å². The molecule has 0 unspecified atom stereocenters. The molecule has 7 nitrogen and oxygen atoms in total. The van der Waals surface area contributed by atoms with E-state index in [-0.39, 0.29) is 24.2 Å². The number of ketones is 1. The molecular formula is C26H36N2O5S. The summed E-state index contributed by atoms with van der Waals surface area (Å²) in [6.45, 7) is 6.12. The Hall–Kier alpha value is -2.74. The number of rotatable bonds is 15. The first-order chi connectivity index (χ1) is 16.4. The van der Waals surface area contributed by atoms with Gasteiger partial charge in [0, 0.05) is 11.3 Å². The summed E-state index contributed by atoms with van der Waals surface area (Å²) in [4.78, 5) is 38.3. The van der Waals surface area contributed by atoms with Gasteiger partial charge in [-0.25, -0.2) is 4.79 Å². The van der Waals surface area contributed by atoms with Crippen LogP contribution >= 0.6 is 11.8 Å². The summed E-state index contributed by atoms with van der Waals surface area (Å²) in [5, 5.41) is 5.57. The van der Waals surface area contributed by atoms with Crippen molar-refractivity contribution in [3.8, 4) is 0 Å². The van der Waals surface area contributed by atoms with Crippen LogP contribution in [-0.4, -0.2) is 35.6 Å². The minimum atomic E-state index is -0.779. The second kappa shape index (κ2) is 15.2.